The summed E-state index contributed by atoms with van der Waals surface area (Å²) in [6.07, 6.45) is 2.79. The quantitative estimate of drug-likeness (QED) is 0.500. The number of benzene rings is 1. The highest BCUT2D eigenvalue weighted by Gasteiger charge is 2.34. The van der Waals surface area contributed by atoms with Crippen molar-refractivity contribution in [2.24, 2.45) is 14.1 Å². The standard InChI is InChI=1S/C21H19FN6O5S/c1-25-17-16(19(31)26(2)20(25)32)27(11-24-17)10-15(29)23-7-8-28-18(30)14(34-21(28)33)9-12-3-5-13(22)6-4-12/h3-6,9,11H,7-8,10H2,1-2H3,(H,23,29)/b14-9-. The van der Waals surface area contributed by atoms with Crippen molar-refractivity contribution in [1.82, 2.24) is 28.9 Å². The zero-order valence-corrected chi connectivity index (χ0v) is 19.0. The van der Waals surface area contributed by atoms with Crippen LogP contribution in [0.5, 0.6) is 0 Å². The Balaban J connectivity index is 1.39. The molecule has 0 spiro atoms. The van der Waals surface area contributed by atoms with Crippen LogP contribution in [-0.4, -0.2) is 53.7 Å². The van der Waals surface area contributed by atoms with Gasteiger partial charge in [-0.2, -0.15) is 0 Å². The number of fused-ring (bicyclic) bond motifs is 1. The number of aromatic nitrogens is 4. The molecule has 1 aliphatic heterocycles. The number of imidazole rings is 1. The van der Waals surface area contributed by atoms with Crippen LogP contribution in [0.1, 0.15) is 5.56 Å². The van der Waals surface area contributed by atoms with Crippen molar-refractivity contribution in [3.05, 3.63) is 67.7 Å². The average molecular weight is 486 g/mol. The molecule has 176 valence electrons. The van der Waals surface area contributed by atoms with Crippen molar-refractivity contribution in [2.45, 2.75) is 6.54 Å². The monoisotopic (exact) mass is 486 g/mol. The fraction of sp³-hybridized carbons (Fsp3) is 0.238. The molecule has 3 heterocycles. The van der Waals surface area contributed by atoms with Gasteiger partial charge in [-0.3, -0.25) is 33.2 Å². The molecule has 0 saturated carbocycles. The van der Waals surface area contributed by atoms with Gasteiger partial charge in [-0.25, -0.2) is 14.2 Å². The molecule has 1 aliphatic rings. The second-order valence-corrected chi connectivity index (χ2v) is 8.48. The van der Waals surface area contributed by atoms with E-state index in [0.29, 0.717) is 5.56 Å². The predicted molar refractivity (Wildman–Crippen MR) is 122 cm³/mol. The Morgan fingerprint density at radius 1 is 1.12 bits per heavy atom. The van der Waals surface area contributed by atoms with Gasteiger partial charge in [0.25, 0.3) is 16.7 Å². The van der Waals surface area contributed by atoms with Gasteiger partial charge in [-0.1, -0.05) is 12.1 Å². The lowest BCUT2D eigenvalue weighted by molar-refractivity contribution is -0.124. The number of nitrogens with one attached hydrogen (secondary N) is 1. The molecule has 3 aromatic rings. The average Bonchev–Trinajstić information content (AvgIpc) is 3.33. The van der Waals surface area contributed by atoms with Gasteiger partial charge >= 0.3 is 5.69 Å². The molecular formula is C21H19FN6O5S. The summed E-state index contributed by atoms with van der Waals surface area (Å²) in [5, 5.41) is 2.13. The minimum Gasteiger partial charge on any atom is -0.353 e. The van der Waals surface area contributed by atoms with Crippen molar-refractivity contribution in [3.63, 3.8) is 0 Å². The van der Waals surface area contributed by atoms with Crippen molar-refractivity contribution in [2.75, 3.05) is 13.1 Å². The van der Waals surface area contributed by atoms with Gasteiger partial charge in [0.2, 0.25) is 5.91 Å². The predicted octanol–water partition coefficient (Wildman–Crippen LogP) is 0.425. The van der Waals surface area contributed by atoms with E-state index in [1.165, 1.54) is 59.9 Å². The topological polar surface area (TPSA) is 128 Å². The first-order chi connectivity index (χ1) is 16.2. The van der Waals surface area contributed by atoms with E-state index < -0.39 is 34.1 Å². The fourth-order valence-electron chi connectivity index (χ4n) is 3.44. The summed E-state index contributed by atoms with van der Waals surface area (Å²) in [6.45, 7) is -0.280. The molecular weight excluding hydrogens is 467 g/mol. The zero-order chi connectivity index (χ0) is 24.6. The highest BCUT2D eigenvalue weighted by atomic mass is 32.2. The molecule has 1 fully saturated rings. The highest BCUT2D eigenvalue weighted by Crippen LogP contribution is 2.31. The molecule has 0 atom stereocenters. The first kappa shape index (κ1) is 23.2. The second kappa shape index (κ2) is 9.09. The number of carbonyl (C=O) groups excluding carboxylic acids is 3. The lowest BCUT2D eigenvalue weighted by atomic mass is 10.2. The van der Waals surface area contributed by atoms with E-state index in [-0.39, 0.29) is 35.7 Å². The fourth-order valence-corrected chi connectivity index (χ4v) is 4.30. The van der Waals surface area contributed by atoms with Gasteiger partial charge < -0.3 is 9.88 Å². The number of carbonyl (C=O) groups is 3. The van der Waals surface area contributed by atoms with Gasteiger partial charge in [0.15, 0.2) is 11.2 Å². The van der Waals surface area contributed by atoms with E-state index in [1.54, 1.807) is 0 Å². The van der Waals surface area contributed by atoms with Gasteiger partial charge in [0, 0.05) is 27.2 Å². The molecule has 0 aliphatic carbocycles. The SMILES string of the molecule is Cn1c(=O)c2c(ncn2CC(=O)NCCN2C(=O)S/C(=C\c3ccc(F)cc3)C2=O)n(C)c1=O. The van der Waals surface area contributed by atoms with Crippen LogP contribution in [0.15, 0.2) is 45.1 Å². The first-order valence-corrected chi connectivity index (χ1v) is 10.9. The molecule has 4 rings (SSSR count). The molecule has 0 bridgehead atoms. The number of imide groups is 1. The van der Waals surface area contributed by atoms with Crippen molar-refractivity contribution in [1.29, 1.82) is 0 Å². The summed E-state index contributed by atoms with van der Waals surface area (Å²) < 4.78 is 16.5. The number of amides is 3. The minimum absolute atomic E-state index is 0.00380. The molecule has 13 heteroatoms. The molecule has 2 aromatic heterocycles. The molecule has 34 heavy (non-hydrogen) atoms. The largest absolute Gasteiger partial charge is 0.353 e. The number of rotatable bonds is 6. The third kappa shape index (κ3) is 4.29. The maximum atomic E-state index is 13.0. The summed E-state index contributed by atoms with van der Waals surface area (Å²) in [5.41, 5.74) is -0.258. The maximum Gasteiger partial charge on any atom is 0.332 e. The van der Waals surface area contributed by atoms with Crippen LogP contribution in [-0.2, 0) is 30.2 Å². The molecule has 1 N–H and O–H groups in total. The summed E-state index contributed by atoms with van der Waals surface area (Å²) in [6, 6.07) is 5.50. The third-order valence-corrected chi connectivity index (χ3v) is 6.14. The molecule has 11 nitrogen and oxygen atoms in total. The Morgan fingerprint density at radius 2 is 1.82 bits per heavy atom. The summed E-state index contributed by atoms with van der Waals surface area (Å²) in [4.78, 5) is 66.9. The normalized spacial score (nSPS) is 15.0. The van der Waals surface area contributed by atoms with E-state index in [4.69, 9.17) is 0 Å². The van der Waals surface area contributed by atoms with Crippen LogP contribution in [0.3, 0.4) is 0 Å². The van der Waals surface area contributed by atoms with E-state index in [9.17, 15) is 28.4 Å². The van der Waals surface area contributed by atoms with Crippen LogP contribution >= 0.6 is 11.8 Å². The smallest absolute Gasteiger partial charge is 0.332 e. The number of aryl methyl sites for hydroxylation is 1. The van der Waals surface area contributed by atoms with Gasteiger partial charge in [-0.15, -0.1) is 0 Å². The Labute approximate surface area is 195 Å². The Kier molecular flexibility index (Phi) is 6.20. The van der Waals surface area contributed by atoms with Crippen molar-refractivity contribution < 1.29 is 18.8 Å². The maximum absolute atomic E-state index is 13.0. The molecule has 0 radical (unpaired) electrons. The van der Waals surface area contributed by atoms with Gasteiger partial charge in [0.1, 0.15) is 12.4 Å². The van der Waals surface area contributed by atoms with Crippen LogP contribution in [0.25, 0.3) is 17.2 Å². The van der Waals surface area contributed by atoms with Gasteiger partial charge in [-0.05, 0) is 35.5 Å². The third-order valence-electron chi connectivity index (χ3n) is 5.23. The first-order valence-electron chi connectivity index (χ1n) is 10.1. The minimum atomic E-state index is -0.575. The summed E-state index contributed by atoms with van der Waals surface area (Å²) in [7, 11) is 2.81. The van der Waals surface area contributed by atoms with Crippen LogP contribution < -0.4 is 16.6 Å². The summed E-state index contributed by atoms with van der Waals surface area (Å²) in [5.74, 6) is -1.38. The lowest BCUT2D eigenvalue weighted by Crippen LogP contribution is -2.39. The zero-order valence-electron chi connectivity index (χ0n) is 18.1. The Morgan fingerprint density at radius 3 is 2.53 bits per heavy atom. The second-order valence-electron chi connectivity index (χ2n) is 7.49. The number of halogens is 1. The molecule has 1 saturated heterocycles. The van der Waals surface area contributed by atoms with E-state index in [0.717, 1.165) is 21.2 Å². The van der Waals surface area contributed by atoms with E-state index >= 15 is 0 Å². The summed E-state index contributed by atoms with van der Waals surface area (Å²) >= 11 is 0.765. The van der Waals surface area contributed by atoms with Crippen molar-refractivity contribution >= 4 is 46.1 Å². The van der Waals surface area contributed by atoms with Gasteiger partial charge in [0.05, 0.1) is 11.2 Å². The Hall–Kier alpha value is -4.00. The molecule has 1 aromatic carbocycles. The van der Waals surface area contributed by atoms with Crippen LogP contribution in [0.4, 0.5) is 9.18 Å². The highest BCUT2D eigenvalue weighted by molar-refractivity contribution is 8.18. The van der Waals surface area contributed by atoms with E-state index in [2.05, 4.69) is 10.3 Å². The number of thioether (sulfide) groups is 1. The van der Waals surface area contributed by atoms with Crippen LogP contribution in [0.2, 0.25) is 0 Å². The van der Waals surface area contributed by atoms with E-state index in [1.807, 2.05) is 0 Å². The number of hydrogen-bond acceptors (Lipinski definition) is 7. The molecule has 3 amide bonds. The lowest BCUT2D eigenvalue weighted by Gasteiger charge is -2.13. The van der Waals surface area contributed by atoms with Crippen LogP contribution in [0, 0.1) is 5.82 Å². The van der Waals surface area contributed by atoms with Crippen molar-refractivity contribution in [3.8, 4) is 0 Å². The molecule has 0 unspecified atom stereocenters. The Bertz CT molecular complexity index is 1470. The number of nitrogens with zero attached hydrogens (tertiary/aromatic N) is 5. The number of hydrogen-bond donors (Lipinski definition) is 1.